The van der Waals surface area contributed by atoms with E-state index in [0.717, 1.165) is 23.6 Å². The molecule has 27 heavy (non-hydrogen) atoms. The number of carbonyl (C=O) groups excluding carboxylic acids is 1. The van der Waals surface area contributed by atoms with Gasteiger partial charge in [-0.2, -0.15) is 0 Å². The third-order valence-electron chi connectivity index (χ3n) is 4.23. The molecule has 0 bridgehead atoms. The second-order valence-electron chi connectivity index (χ2n) is 6.40. The van der Waals surface area contributed by atoms with Gasteiger partial charge < -0.3 is 10.1 Å². The number of amides is 1. The van der Waals surface area contributed by atoms with Crippen LogP contribution in [0.25, 0.3) is 0 Å². The molecule has 0 saturated carbocycles. The van der Waals surface area contributed by atoms with Crippen LogP contribution in [0.2, 0.25) is 0 Å². The van der Waals surface area contributed by atoms with Crippen molar-refractivity contribution in [2.75, 3.05) is 26.5 Å². The number of hydrogen-bond donors (Lipinski definition) is 1. The van der Waals surface area contributed by atoms with Crippen LogP contribution in [-0.2, 0) is 16.4 Å². The molecular weight excluding hydrogens is 364 g/mol. The second-order valence-corrected chi connectivity index (χ2v) is 8.56. The molecule has 0 fully saturated rings. The van der Waals surface area contributed by atoms with Crippen LogP contribution < -0.4 is 10.1 Å². The maximum absolute atomic E-state index is 12.6. The third kappa shape index (κ3) is 5.08. The Labute approximate surface area is 161 Å². The molecule has 0 saturated heterocycles. The smallest absolute Gasteiger partial charge is 0.255 e. The van der Waals surface area contributed by atoms with Crippen molar-refractivity contribution in [1.29, 1.82) is 0 Å². The van der Waals surface area contributed by atoms with Crippen LogP contribution >= 0.6 is 0 Å². The summed E-state index contributed by atoms with van der Waals surface area (Å²) in [6.07, 6.45) is 3.21. The Hall–Kier alpha value is -2.38. The largest absolute Gasteiger partial charge is 0.495 e. The minimum Gasteiger partial charge on any atom is -0.495 e. The lowest BCUT2D eigenvalue weighted by Gasteiger charge is -2.15. The molecule has 0 atom stereocenters. The molecule has 2 rings (SSSR count). The van der Waals surface area contributed by atoms with Gasteiger partial charge in [0.05, 0.1) is 17.7 Å². The van der Waals surface area contributed by atoms with E-state index in [1.54, 1.807) is 12.1 Å². The first-order chi connectivity index (χ1) is 12.8. The van der Waals surface area contributed by atoms with Crippen LogP contribution in [0.15, 0.2) is 47.4 Å². The molecule has 7 heteroatoms. The minimum absolute atomic E-state index is 0.0820. The topological polar surface area (TPSA) is 75.7 Å². The van der Waals surface area contributed by atoms with E-state index in [4.69, 9.17) is 4.74 Å². The Morgan fingerprint density at radius 1 is 1.11 bits per heavy atom. The number of nitrogens with zero attached hydrogens (tertiary/aromatic N) is 1. The van der Waals surface area contributed by atoms with Crippen LogP contribution in [0.5, 0.6) is 5.75 Å². The maximum Gasteiger partial charge on any atom is 0.255 e. The number of hydrogen-bond acceptors (Lipinski definition) is 4. The van der Waals surface area contributed by atoms with Gasteiger partial charge in [0.15, 0.2) is 0 Å². The molecule has 0 aromatic heterocycles. The van der Waals surface area contributed by atoms with Crippen LogP contribution in [0, 0.1) is 0 Å². The molecule has 6 nitrogen and oxygen atoms in total. The van der Waals surface area contributed by atoms with E-state index in [0.29, 0.717) is 17.0 Å². The minimum atomic E-state index is -3.61. The molecule has 146 valence electrons. The quantitative estimate of drug-likeness (QED) is 0.748. The monoisotopic (exact) mass is 390 g/mol. The number of methoxy groups -OCH3 is 1. The molecule has 0 aliphatic heterocycles. The number of unbranched alkanes of at least 4 members (excludes halogenated alkanes) is 1. The molecular formula is C20H26N2O4S. The van der Waals surface area contributed by atoms with Gasteiger partial charge in [-0.15, -0.1) is 0 Å². The highest BCUT2D eigenvalue weighted by Gasteiger charge is 2.20. The van der Waals surface area contributed by atoms with Crippen molar-refractivity contribution in [3.8, 4) is 5.75 Å². The van der Waals surface area contributed by atoms with Gasteiger partial charge in [-0.1, -0.05) is 25.5 Å². The Kier molecular flexibility index (Phi) is 6.98. The van der Waals surface area contributed by atoms with E-state index < -0.39 is 10.0 Å². The number of ether oxygens (including phenoxy) is 1. The molecule has 1 N–H and O–H groups in total. The van der Waals surface area contributed by atoms with Crippen LogP contribution in [-0.4, -0.2) is 39.8 Å². The summed E-state index contributed by atoms with van der Waals surface area (Å²) in [5.74, 6) is 0.0652. The summed E-state index contributed by atoms with van der Waals surface area (Å²) in [6, 6.07) is 11.8. The van der Waals surface area contributed by atoms with Gasteiger partial charge in [0, 0.05) is 19.7 Å². The molecule has 0 heterocycles. The highest BCUT2D eigenvalue weighted by molar-refractivity contribution is 7.89. The number of anilines is 1. The van der Waals surface area contributed by atoms with Crippen molar-refractivity contribution in [2.45, 2.75) is 31.1 Å². The average Bonchev–Trinajstić information content (AvgIpc) is 2.66. The molecule has 1 amide bonds. The summed E-state index contributed by atoms with van der Waals surface area (Å²) < 4.78 is 31.0. The number of sulfonamides is 1. The average molecular weight is 391 g/mol. The fourth-order valence-electron chi connectivity index (χ4n) is 2.55. The van der Waals surface area contributed by atoms with Crippen molar-refractivity contribution in [2.24, 2.45) is 0 Å². The van der Waals surface area contributed by atoms with Crippen LogP contribution in [0.1, 0.15) is 35.7 Å². The zero-order chi connectivity index (χ0) is 20.0. The number of rotatable bonds is 8. The van der Waals surface area contributed by atoms with Crippen LogP contribution in [0.4, 0.5) is 5.69 Å². The third-order valence-corrected chi connectivity index (χ3v) is 6.04. The van der Waals surface area contributed by atoms with Gasteiger partial charge in [0.2, 0.25) is 10.0 Å². The van der Waals surface area contributed by atoms with E-state index in [2.05, 4.69) is 12.2 Å². The summed E-state index contributed by atoms with van der Waals surface area (Å²) in [6.45, 7) is 2.14. The molecule has 2 aromatic rings. The number of carbonyl (C=O) groups is 1. The summed E-state index contributed by atoms with van der Waals surface area (Å²) in [7, 11) is 0.766. The van der Waals surface area contributed by atoms with Gasteiger partial charge in [-0.25, -0.2) is 12.7 Å². The Bertz CT molecular complexity index is 891. The van der Waals surface area contributed by atoms with E-state index in [-0.39, 0.29) is 10.8 Å². The van der Waals surface area contributed by atoms with Gasteiger partial charge in [0.25, 0.3) is 5.91 Å². The summed E-state index contributed by atoms with van der Waals surface area (Å²) in [5, 5.41) is 2.74. The van der Waals surface area contributed by atoms with E-state index in [1.807, 2.05) is 12.1 Å². The highest BCUT2D eigenvalue weighted by atomic mass is 32.2. The molecule has 2 aromatic carbocycles. The highest BCUT2D eigenvalue weighted by Crippen LogP contribution is 2.29. The number of aryl methyl sites for hydroxylation is 1. The van der Waals surface area contributed by atoms with Gasteiger partial charge >= 0.3 is 0 Å². The Morgan fingerprint density at radius 2 is 1.78 bits per heavy atom. The molecule has 0 aliphatic rings. The standard InChI is InChI=1S/C20H26N2O4S/c1-5-6-7-15-8-10-16(11-9-15)20(23)21-18-14-17(12-13-19(18)26-4)27(24,25)22(2)3/h8-14H,5-7H2,1-4H3,(H,21,23). The number of nitrogens with one attached hydrogen (secondary N) is 1. The first-order valence-corrected chi connectivity index (χ1v) is 10.2. The lowest BCUT2D eigenvalue weighted by Crippen LogP contribution is -2.22. The summed E-state index contributed by atoms with van der Waals surface area (Å²) >= 11 is 0. The SMILES string of the molecule is CCCCc1ccc(C(=O)Nc2cc(S(=O)(=O)N(C)C)ccc2OC)cc1. The predicted molar refractivity (Wildman–Crippen MR) is 107 cm³/mol. The fraction of sp³-hybridized carbons (Fsp3) is 0.350. The maximum atomic E-state index is 12.6. The number of benzene rings is 2. The zero-order valence-corrected chi connectivity index (χ0v) is 17.0. The molecule has 0 spiro atoms. The van der Waals surface area contributed by atoms with Crippen molar-refractivity contribution in [1.82, 2.24) is 4.31 Å². The zero-order valence-electron chi connectivity index (χ0n) is 16.2. The van der Waals surface area contributed by atoms with Crippen molar-refractivity contribution >= 4 is 21.6 Å². The molecule has 0 unspecified atom stereocenters. The second kappa shape index (κ2) is 9.01. The van der Waals surface area contributed by atoms with Gasteiger partial charge in [-0.05, 0) is 48.7 Å². The van der Waals surface area contributed by atoms with E-state index in [1.165, 1.54) is 45.0 Å². The van der Waals surface area contributed by atoms with Crippen LogP contribution in [0.3, 0.4) is 0 Å². The van der Waals surface area contributed by atoms with E-state index in [9.17, 15) is 13.2 Å². The lowest BCUT2D eigenvalue weighted by molar-refractivity contribution is 0.102. The van der Waals surface area contributed by atoms with Crippen molar-refractivity contribution < 1.29 is 17.9 Å². The first kappa shape index (κ1) is 20.9. The van der Waals surface area contributed by atoms with E-state index >= 15 is 0 Å². The predicted octanol–water partition coefficient (Wildman–Crippen LogP) is 3.54. The van der Waals surface area contributed by atoms with Crippen molar-refractivity contribution in [3.05, 3.63) is 53.6 Å². The Morgan fingerprint density at radius 3 is 2.33 bits per heavy atom. The summed E-state index contributed by atoms with van der Waals surface area (Å²) in [5.41, 5.74) is 1.99. The Balaban J connectivity index is 2.26. The molecule has 0 radical (unpaired) electrons. The lowest BCUT2D eigenvalue weighted by atomic mass is 10.1. The van der Waals surface area contributed by atoms with Gasteiger partial charge in [-0.3, -0.25) is 4.79 Å². The first-order valence-electron chi connectivity index (χ1n) is 8.80. The fourth-order valence-corrected chi connectivity index (χ4v) is 3.48. The molecule has 0 aliphatic carbocycles. The van der Waals surface area contributed by atoms with Gasteiger partial charge in [0.1, 0.15) is 5.75 Å². The normalized spacial score (nSPS) is 11.4. The summed E-state index contributed by atoms with van der Waals surface area (Å²) in [4.78, 5) is 12.7. The van der Waals surface area contributed by atoms with Crippen molar-refractivity contribution in [3.63, 3.8) is 0 Å².